The van der Waals surface area contributed by atoms with Crippen LogP contribution < -0.4 is 5.32 Å². The van der Waals surface area contributed by atoms with Crippen molar-refractivity contribution < 1.29 is 0 Å². The van der Waals surface area contributed by atoms with Crippen LogP contribution in [-0.2, 0) is 6.42 Å². The van der Waals surface area contributed by atoms with E-state index in [4.69, 9.17) is 12.2 Å². The second-order valence-electron chi connectivity index (χ2n) is 8.03. The van der Waals surface area contributed by atoms with Crippen LogP contribution in [0, 0.1) is 4.77 Å². The van der Waals surface area contributed by atoms with E-state index >= 15 is 0 Å². The van der Waals surface area contributed by atoms with Crippen LogP contribution in [0.4, 0.5) is 5.82 Å². The lowest BCUT2D eigenvalue weighted by Crippen LogP contribution is -2.09. The molecule has 3 N–H and O–H groups in total. The van der Waals surface area contributed by atoms with Crippen LogP contribution in [0.25, 0.3) is 28.0 Å². The largest absolute Gasteiger partial charge is 0.363 e. The van der Waals surface area contributed by atoms with Crippen LogP contribution in [0.15, 0.2) is 77.5 Å². The lowest BCUT2D eigenvalue weighted by atomic mass is 10.1. The van der Waals surface area contributed by atoms with Gasteiger partial charge in [0, 0.05) is 10.0 Å². The topological polar surface area (TPSA) is 61.4 Å². The molecule has 1 atom stereocenters. The number of halogens is 1. The maximum atomic E-state index is 5.82. The molecule has 5 nitrogen and oxygen atoms in total. The van der Waals surface area contributed by atoms with Gasteiger partial charge in [0.2, 0.25) is 0 Å². The van der Waals surface area contributed by atoms with Gasteiger partial charge in [-0.15, -0.1) is 0 Å². The first kappa shape index (κ1) is 19.5. The molecule has 5 aromatic rings. The van der Waals surface area contributed by atoms with Crippen molar-refractivity contribution in [2.75, 3.05) is 5.32 Å². The van der Waals surface area contributed by atoms with Gasteiger partial charge in [-0.3, -0.25) is 4.57 Å². The third kappa shape index (κ3) is 3.29. The second-order valence-corrected chi connectivity index (χ2v) is 9.34. The van der Waals surface area contributed by atoms with Gasteiger partial charge in [-0.2, -0.15) is 0 Å². The van der Waals surface area contributed by atoms with E-state index in [2.05, 4.69) is 101 Å². The minimum atomic E-state index is 0.247. The van der Waals surface area contributed by atoms with Crippen LogP contribution in [0.2, 0.25) is 0 Å². The number of nitrogens with zero attached hydrogens (tertiary/aromatic N) is 2. The standard InChI is InChI=1S/C25H20BrN5S/c26-17-8-5-16(6-9-17)23-24(29-20-11-7-15-3-1-2-4-19(15)20)30-25(32)31(23)18-10-12-21-22(13-18)28-14-27-21/h1-6,8-10,12-14,20,29H,7,11H2,(H,27,28)(H,30,32). The Morgan fingerprint density at radius 1 is 1.06 bits per heavy atom. The Morgan fingerprint density at radius 3 is 2.78 bits per heavy atom. The Balaban J connectivity index is 1.51. The Bertz CT molecular complexity index is 1500. The molecule has 1 aliphatic rings. The fourth-order valence-corrected chi connectivity index (χ4v) is 5.17. The molecule has 3 aromatic carbocycles. The van der Waals surface area contributed by atoms with E-state index in [0.29, 0.717) is 4.77 Å². The van der Waals surface area contributed by atoms with Crippen molar-refractivity contribution in [1.29, 1.82) is 0 Å². The van der Waals surface area contributed by atoms with E-state index in [9.17, 15) is 0 Å². The van der Waals surface area contributed by atoms with Crippen molar-refractivity contribution in [2.24, 2.45) is 0 Å². The van der Waals surface area contributed by atoms with Gasteiger partial charge in [0.05, 0.1) is 34.8 Å². The van der Waals surface area contributed by atoms with Gasteiger partial charge in [0.25, 0.3) is 0 Å². The predicted molar refractivity (Wildman–Crippen MR) is 135 cm³/mol. The summed E-state index contributed by atoms with van der Waals surface area (Å²) in [5.41, 5.74) is 7.78. The smallest absolute Gasteiger partial charge is 0.183 e. The number of rotatable bonds is 4. The van der Waals surface area contributed by atoms with Gasteiger partial charge in [0.15, 0.2) is 4.77 Å². The fraction of sp³-hybridized carbons (Fsp3) is 0.120. The zero-order valence-electron chi connectivity index (χ0n) is 17.1. The Labute approximate surface area is 198 Å². The molecule has 0 bridgehead atoms. The molecular formula is C25H20BrN5S. The number of hydrogen-bond donors (Lipinski definition) is 3. The molecule has 2 aromatic heterocycles. The molecular weight excluding hydrogens is 482 g/mol. The molecule has 0 spiro atoms. The molecule has 0 saturated carbocycles. The van der Waals surface area contributed by atoms with E-state index < -0.39 is 0 Å². The third-order valence-corrected chi connectivity index (χ3v) is 6.94. The number of H-pyrrole nitrogens is 2. The number of anilines is 1. The number of aromatic nitrogens is 4. The number of aryl methyl sites for hydroxylation is 1. The lowest BCUT2D eigenvalue weighted by Gasteiger charge is -2.17. The molecule has 7 heteroatoms. The van der Waals surface area contributed by atoms with Gasteiger partial charge >= 0.3 is 0 Å². The molecule has 32 heavy (non-hydrogen) atoms. The first-order valence-electron chi connectivity index (χ1n) is 10.6. The molecule has 0 fully saturated rings. The van der Waals surface area contributed by atoms with Gasteiger partial charge < -0.3 is 15.3 Å². The number of aromatic amines is 2. The Kier molecular flexibility index (Phi) is 4.73. The van der Waals surface area contributed by atoms with Crippen molar-refractivity contribution in [2.45, 2.75) is 18.9 Å². The van der Waals surface area contributed by atoms with Crippen molar-refractivity contribution in [3.63, 3.8) is 0 Å². The van der Waals surface area contributed by atoms with Crippen molar-refractivity contribution in [3.8, 4) is 16.9 Å². The summed E-state index contributed by atoms with van der Waals surface area (Å²) in [5.74, 6) is 0.934. The predicted octanol–water partition coefficient (Wildman–Crippen LogP) is 6.94. The Hall–Kier alpha value is -3.16. The fourth-order valence-electron chi connectivity index (χ4n) is 4.61. The van der Waals surface area contributed by atoms with Crippen LogP contribution in [0.1, 0.15) is 23.6 Å². The number of hydrogen-bond acceptors (Lipinski definition) is 3. The highest BCUT2D eigenvalue weighted by Crippen LogP contribution is 2.38. The molecule has 2 heterocycles. The maximum absolute atomic E-state index is 5.82. The molecule has 6 rings (SSSR count). The summed E-state index contributed by atoms with van der Waals surface area (Å²) in [7, 11) is 0. The molecule has 1 aliphatic carbocycles. The monoisotopic (exact) mass is 501 g/mol. The minimum absolute atomic E-state index is 0.247. The zero-order valence-corrected chi connectivity index (χ0v) is 19.5. The highest BCUT2D eigenvalue weighted by molar-refractivity contribution is 9.10. The quantitative estimate of drug-likeness (QED) is 0.233. The number of fused-ring (bicyclic) bond motifs is 2. The Morgan fingerprint density at radius 2 is 1.91 bits per heavy atom. The van der Waals surface area contributed by atoms with E-state index in [1.807, 2.05) is 6.07 Å². The average molecular weight is 502 g/mol. The number of nitrogens with one attached hydrogen (secondary N) is 3. The highest BCUT2D eigenvalue weighted by atomic mass is 79.9. The molecule has 0 amide bonds. The normalized spacial score (nSPS) is 15.2. The van der Waals surface area contributed by atoms with Crippen LogP contribution in [0.5, 0.6) is 0 Å². The third-order valence-electron chi connectivity index (χ3n) is 6.13. The minimum Gasteiger partial charge on any atom is -0.363 e. The van der Waals surface area contributed by atoms with E-state index in [1.165, 1.54) is 11.1 Å². The summed E-state index contributed by atoms with van der Waals surface area (Å²) >= 11 is 9.38. The second kappa shape index (κ2) is 7.76. The van der Waals surface area contributed by atoms with Crippen LogP contribution in [-0.4, -0.2) is 19.5 Å². The first-order chi connectivity index (χ1) is 15.7. The van der Waals surface area contributed by atoms with Crippen LogP contribution >= 0.6 is 28.1 Å². The van der Waals surface area contributed by atoms with Crippen LogP contribution in [0.3, 0.4) is 0 Å². The van der Waals surface area contributed by atoms with E-state index in [0.717, 1.165) is 51.1 Å². The number of benzene rings is 3. The maximum Gasteiger partial charge on any atom is 0.183 e. The SMILES string of the molecule is S=c1[nH]c(NC2CCc3ccccc32)c(-c2ccc(Br)cc2)n1-c1ccc2nc[nH]c2c1. The van der Waals surface area contributed by atoms with Gasteiger partial charge in [-0.1, -0.05) is 52.3 Å². The number of imidazole rings is 2. The lowest BCUT2D eigenvalue weighted by molar-refractivity contribution is 0.758. The summed E-state index contributed by atoms with van der Waals surface area (Å²) in [6.45, 7) is 0. The summed E-state index contributed by atoms with van der Waals surface area (Å²) in [4.78, 5) is 11.0. The summed E-state index contributed by atoms with van der Waals surface area (Å²) in [6.07, 6.45) is 3.86. The summed E-state index contributed by atoms with van der Waals surface area (Å²) < 4.78 is 3.79. The zero-order chi connectivity index (χ0) is 21.7. The molecule has 1 unspecified atom stereocenters. The van der Waals surface area contributed by atoms with Gasteiger partial charge in [-0.05, 0) is 66.5 Å². The van der Waals surface area contributed by atoms with Gasteiger partial charge in [-0.25, -0.2) is 4.98 Å². The molecule has 158 valence electrons. The summed E-state index contributed by atoms with van der Waals surface area (Å²) in [6, 6.07) is 23.4. The summed E-state index contributed by atoms with van der Waals surface area (Å²) in [5, 5.41) is 3.77. The van der Waals surface area contributed by atoms with Gasteiger partial charge in [0.1, 0.15) is 5.82 Å². The molecule has 0 saturated heterocycles. The van der Waals surface area contributed by atoms with Crippen molar-refractivity contribution >= 4 is 45.0 Å². The van der Waals surface area contributed by atoms with E-state index in [1.54, 1.807) is 6.33 Å². The molecule has 0 aliphatic heterocycles. The molecule has 0 radical (unpaired) electrons. The highest BCUT2D eigenvalue weighted by Gasteiger charge is 2.25. The average Bonchev–Trinajstić information content (AvgIpc) is 3.51. The van der Waals surface area contributed by atoms with Crippen molar-refractivity contribution in [3.05, 3.63) is 93.4 Å². The first-order valence-corrected chi connectivity index (χ1v) is 11.8. The van der Waals surface area contributed by atoms with E-state index in [-0.39, 0.29) is 6.04 Å². The van der Waals surface area contributed by atoms with Crippen molar-refractivity contribution in [1.82, 2.24) is 19.5 Å².